The molecule has 10 heteroatoms. The fourth-order valence-corrected chi connectivity index (χ4v) is 6.30. The van der Waals surface area contributed by atoms with E-state index in [9.17, 15) is 18.0 Å². The molecule has 0 bridgehead atoms. The number of carbonyl (C=O) groups is 2. The number of nitrogens with one attached hydrogen (secondary N) is 1. The van der Waals surface area contributed by atoms with Crippen molar-refractivity contribution in [3.8, 4) is 11.3 Å². The minimum absolute atomic E-state index is 0.116. The van der Waals surface area contributed by atoms with Crippen molar-refractivity contribution in [3.05, 3.63) is 65.0 Å². The maximum atomic E-state index is 13.0. The smallest absolute Gasteiger partial charge is 0.257 e. The summed E-state index contributed by atoms with van der Waals surface area (Å²) in [5.41, 5.74) is 1.58. The Morgan fingerprint density at radius 1 is 1.03 bits per heavy atom. The van der Waals surface area contributed by atoms with Crippen molar-refractivity contribution in [1.29, 1.82) is 0 Å². The van der Waals surface area contributed by atoms with Crippen molar-refractivity contribution < 1.29 is 22.7 Å². The van der Waals surface area contributed by atoms with Gasteiger partial charge in [0.2, 0.25) is 10.0 Å². The van der Waals surface area contributed by atoms with Crippen LogP contribution in [0.3, 0.4) is 0 Å². The summed E-state index contributed by atoms with van der Waals surface area (Å²) in [6.45, 7) is 5.69. The first-order valence-electron chi connectivity index (χ1n) is 10.8. The molecular weight excluding hydrogens is 474 g/mol. The van der Waals surface area contributed by atoms with Crippen LogP contribution >= 0.6 is 11.3 Å². The third kappa shape index (κ3) is 5.10. The zero-order valence-electron chi connectivity index (χ0n) is 19.0. The van der Waals surface area contributed by atoms with E-state index < -0.39 is 15.9 Å². The first-order valence-corrected chi connectivity index (χ1v) is 13.0. The molecule has 34 heavy (non-hydrogen) atoms. The van der Waals surface area contributed by atoms with Crippen LogP contribution in [-0.2, 0) is 14.8 Å². The second kappa shape index (κ2) is 9.75. The SMILES string of the molecule is CC(=O)c1sc(NC(=O)c2ccc(S(=O)(=O)N3CC(C)OC(C)C3)cc2)nc1-c1ccccc1. The lowest BCUT2D eigenvalue weighted by Gasteiger charge is -2.34. The average Bonchev–Trinajstić information content (AvgIpc) is 3.23. The number of hydrogen-bond donors (Lipinski definition) is 1. The van der Waals surface area contributed by atoms with E-state index in [0.29, 0.717) is 15.7 Å². The molecule has 2 atom stereocenters. The average molecular weight is 500 g/mol. The Morgan fingerprint density at radius 2 is 1.65 bits per heavy atom. The maximum Gasteiger partial charge on any atom is 0.257 e. The molecule has 0 spiro atoms. The molecule has 178 valence electrons. The fourth-order valence-electron chi connectivity index (χ4n) is 3.83. The van der Waals surface area contributed by atoms with E-state index in [1.165, 1.54) is 35.5 Å². The van der Waals surface area contributed by atoms with Gasteiger partial charge in [0, 0.05) is 31.1 Å². The van der Waals surface area contributed by atoms with Crippen LogP contribution in [0.5, 0.6) is 0 Å². The van der Waals surface area contributed by atoms with Gasteiger partial charge in [-0.25, -0.2) is 13.4 Å². The van der Waals surface area contributed by atoms with Crippen LogP contribution in [0.2, 0.25) is 0 Å². The predicted molar refractivity (Wildman–Crippen MR) is 131 cm³/mol. The number of hydrogen-bond acceptors (Lipinski definition) is 7. The summed E-state index contributed by atoms with van der Waals surface area (Å²) in [6, 6.07) is 15.1. The molecule has 1 aromatic heterocycles. The number of morpholine rings is 1. The van der Waals surface area contributed by atoms with Crippen molar-refractivity contribution in [2.45, 2.75) is 37.9 Å². The third-order valence-corrected chi connectivity index (χ3v) is 8.27. The quantitative estimate of drug-likeness (QED) is 0.513. The lowest BCUT2D eigenvalue weighted by molar-refractivity contribution is -0.0440. The van der Waals surface area contributed by atoms with E-state index >= 15 is 0 Å². The predicted octanol–water partition coefficient (Wildman–Crippen LogP) is 4.06. The van der Waals surface area contributed by atoms with Crippen molar-refractivity contribution >= 4 is 38.2 Å². The highest BCUT2D eigenvalue weighted by Gasteiger charge is 2.32. The number of ketones is 1. The van der Waals surface area contributed by atoms with E-state index in [1.54, 1.807) is 0 Å². The molecular formula is C24H25N3O5S2. The summed E-state index contributed by atoms with van der Waals surface area (Å²) >= 11 is 1.10. The number of ether oxygens (including phenoxy) is 1. The van der Waals surface area contributed by atoms with Gasteiger partial charge in [0.1, 0.15) is 0 Å². The molecule has 0 aliphatic carbocycles. The van der Waals surface area contributed by atoms with Crippen LogP contribution < -0.4 is 5.32 Å². The van der Waals surface area contributed by atoms with Crippen LogP contribution in [-0.4, -0.2) is 54.7 Å². The fraction of sp³-hybridized carbons (Fsp3) is 0.292. The van der Waals surface area contributed by atoms with Crippen LogP contribution in [0.25, 0.3) is 11.3 Å². The van der Waals surface area contributed by atoms with E-state index in [1.807, 2.05) is 44.2 Å². The Morgan fingerprint density at radius 3 is 2.24 bits per heavy atom. The summed E-state index contributed by atoms with van der Waals surface area (Å²) in [5, 5.41) is 3.01. The topological polar surface area (TPSA) is 106 Å². The van der Waals surface area contributed by atoms with E-state index in [2.05, 4.69) is 10.3 Å². The second-order valence-electron chi connectivity index (χ2n) is 8.18. The molecule has 4 rings (SSSR count). The Labute approximate surface area is 202 Å². The molecule has 1 aliphatic heterocycles. The normalized spacial score (nSPS) is 19.0. The standard InChI is InChI=1S/C24H25N3O5S2/c1-15-13-27(14-16(2)32-15)34(30,31)20-11-9-19(10-12-20)23(29)26-24-25-21(22(33-24)17(3)28)18-7-5-4-6-8-18/h4-12,15-16H,13-14H2,1-3H3,(H,25,26,29). The molecule has 1 saturated heterocycles. The Kier molecular flexibility index (Phi) is 6.94. The largest absolute Gasteiger partial charge is 0.373 e. The monoisotopic (exact) mass is 499 g/mol. The molecule has 1 N–H and O–H groups in total. The highest BCUT2D eigenvalue weighted by Crippen LogP contribution is 2.32. The number of rotatable bonds is 6. The highest BCUT2D eigenvalue weighted by atomic mass is 32.2. The Balaban J connectivity index is 1.52. The maximum absolute atomic E-state index is 13.0. The summed E-state index contributed by atoms with van der Waals surface area (Å²) in [5.74, 6) is -0.584. The van der Waals surface area contributed by atoms with Gasteiger partial charge in [-0.1, -0.05) is 41.7 Å². The van der Waals surface area contributed by atoms with Crippen molar-refractivity contribution in [2.24, 2.45) is 0 Å². The summed E-state index contributed by atoms with van der Waals surface area (Å²) < 4.78 is 33.1. The van der Waals surface area contributed by atoms with Crippen molar-refractivity contribution in [3.63, 3.8) is 0 Å². The van der Waals surface area contributed by atoms with Crippen LogP contribution in [0.4, 0.5) is 5.13 Å². The molecule has 0 radical (unpaired) electrons. The third-order valence-electron chi connectivity index (χ3n) is 5.35. The van der Waals surface area contributed by atoms with Gasteiger partial charge in [-0.15, -0.1) is 0 Å². The molecule has 0 saturated carbocycles. The number of sulfonamides is 1. The zero-order valence-corrected chi connectivity index (χ0v) is 20.7. The first kappa shape index (κ1) is 24.2. The van der Waals surface area contributed by atoms with Gasteiger partial charge in [0.05, 0.1) is 27.7 Å². The number of amides is 1. The summed E-state index contributed by atoms with van der Waals surface area (Å²) in [6.07, 6.45) is -0.384. The van der Waals surface area contributed by atoms with Crippen molar-refractivity contribution in [1.82, 2.24) is 9.29 Å². The Bertz CT molecular complexity index is 1290. The molecule has 2 unspecified atom stereocenters. The number of aromatic nitrogens is 1. The van der Waals surface area contributed by atoms with Gasteiger partial charge in [-0.2, -0.15) is 4.31 Å². The molecule has 8 nitrogen and oxygen atoms in total. The number of benzene rings is 2. The van der Waals surface area contributed by atoms with Crippen LogP contribution in [0.15, 0.2) is 59.5 Å². The van der Waals surface area contributed by atoms with Crippen molar-refractivity contribution in [2.75, 3.05) is 18.4 Å². The highest BCUT2D eigenvalue weighted by molar-refractivity contribution is 7.89. The van der Waals surface area contributed by atoms with Crippen LogP contribution in [0, 0.1) is 0 Å². The van der Waals surface area contributed by atoms with Gasteiger partial charge in [-0.05, 0) is 38.1 Å². The summed E-state index contributed by atoms with van der Waals surface area (Å²) in [4.78, 5) is 29.9. The number of thiazole rings is 1. The number of anilines is 1. The van der Waals surface area contributed by atoms with E-state index in [-0.39, 0.29) is 41.5 Å². The van der Waals surface area contributed by atoms with Gasteiger partial charge in [0.15, 0.2) is 10.9 Å². The number of nitrogens with zero attached hydrogens (tertiary/aromatic N) is 2. The zero-order chi connectivity index (χ0) is 24.5. The van der Waals surface area contributed by atoms with Gasteiger partial charge in [-0.3, -0.25) is 14.9 Å². The molecule has 2 aromatic carbocycles. The summed E-state index contributed by atoms with van der Waals surface area (Å²) in [7, 11) is -3.70. The molecule has 3 aromatic rings. The molecule has 1 amide bonds. The minimum atomic E-state index is -3.70. The molecule has 1 aliphatic rings. The van der Waals surface area contributed by atoms with Gasteiger partial charge >= 0.3 is 0 Å². The first-order chi connectivity index (χ1) is 16.1. The van der Waals surface area contributed by atoms with Gasteiger partial charge in [0.25, 0.3) is 5.91 Å². The number of Topliss-reactive ketones (excluding diaryl/α,β-unsaturated/α-hetero) is 1. The van der Waals surface area contributed by atoms with Gasteiger partial charge < -0.3 is 4.74 Å². The molecule has 1 fully saturated rings. The Hall–Kier alpha value is -2.92. The minimum Gasteiger partial charge on any atom is -0.373 e. The molecule has 2 heterocycles. The number of carbonyl (C=O) groups excluding carboxylic acids is 2. The lowest BCUT2D eigenvalue weighted by Crippen LogP contribution is -2.48. The second-order valence-corrected chi connectivity index (χ2v) is 11.1. The van der Waals surface area contributed by atoms with E-state index in [4.69, 9.17) is 4.74 Å². The van der Waals surface area contributed by atoms with E-state index in [0.717, 1.165) is 16.9 Å². The van der Waals surface area contributed by atoms with Crippen LogP contribution in [0.1, 0.15) is 40.8 Å². The lowest BCUT2D eigenvalue weighted by atomic mass is 10.1.